The summed E-state index contributed by atoms with van der Waals surface area (Å²) in [7, 11) is 0. The zero-order valence-electron chi connectivity index (χ0n) is 15.1. The molecule has 0 aliphatic rings. The fourth-order valence-corrected chi connectivity index (χ4v) is 2.70. The first-order valence-electron chi connectivity index (χ1n) is 8.63. The third-order valence-corrected chi connectivity index (χ3v) is 4.21. The van der Waals surface area contributed by atoms with Gasteiger partial charge in [-0.15, -0.1) is 0 Å². The number of amides is 1. The number of aromatic nitrogens is 1. The highest BCUT2D eigenvalue weighted by molar-refractivity contribution is 6.30. The van der Waals surface area contributed by atoms with E-state index < -0.39 is 5.82 Å². The maximum Gasteiger partial charge on any atom is 0.244 e. The number of pyridine rings is 1. The number of nitrogens with one attached hydrogen (secondary N) is 1. The molecule has 6 heteroatoms. The molecule has 2 aromatic carbocycles. The SMILES string of the molecule is CC(NC(=O)/C=C/c1ccc(Cl)cc1F)c1cccc(Oc2ccncc2)c1. The van der Waals surface area contributed by atoms with Crippen LogP contribution in [0.25, 0.3) is 6.08 Å². The minimum absolute atomic E-state index is 0.256. The summed E-state index contributed by atoms with van der Waals surface area (Å²) in [6.45, 7) is 1.86. The highest BCUT2D eigenvalue weighted by Crippen LogP contribution is 2.24. The molecule has 142 valence electrons. The van der Waals surface area contributed by atoms with Crippen LogP contribution in [-0.2, 0) is 4.79 Å². The lowest BCUT2D eigenvalue weighted by molar-refractivity contribution is -0.117. The van der Waals surface area contributed by atoms with Crippen molar-refractivity contribution in [2.24, 2.45) is 0 Å². The third kappa shape index (κ3) is 5.41. The van der Waals surface area contributed by atoms with Crippen molar-refractivity contribution in [3.63, 3.8) is 0 Å². The van der Waals surface area contributed by atoms with Crippen LogP contribution >= 0.6 is 11.6 Å². The number of benzene rings is 2. The molecule has 1 heterocycles. The monoisotopic (exact) mass is 396 g/mol. The highest BCUT2D eigenvalue weighted by Gasteiger charge is 2.09. The Morgan fingerprint density at radius 2 is 1.93 bits per heavy atom. The number of hydrogen-bond donors (Lipinski definition) is 1. The number of carbonyl (C=O) groups is 1. The van der Waals surface area contributed by atoms with Gasteiger partial charge in [-0.1, -0.05) is 29.8 Å². The van der Waals surface area contributed by atoms with Crippen LogP contribution in [0.3, 0.4) is 0 Å². The van der Waals surface area contributed by atoms with E-state index in [4.69, 9.17) is 16.3 Å². The van der Waals surface area contributed by atoms with E-state index in [1.807, 2.05) is 31.2 Å². The van der Waals surface area contributed by atoms with Crippen LogP contribution in [0.5, 0.6) is 11.5 Å². The molecule has 0 aliphatic carbocycles. The second-order valence-electron chi connectivity index (χ2n) is 6.09. The zero-order valence-corrected chi connectivity index (χ0v) is 15.9. The number of hydrogen-bond acceptors (Lipinski definition) is 3. The van der Waals surface area contributed by atoms with Gasteiger partial charge in [0.25, 0.3) is 0 Å². The van der Waals surface area contributed by atoms with Crippen molar-refractivity contribution in [2.75, 3.05) is 0 Å². The van der Waals surface area contributed by atoms with E-state index >= 15 is 0 Å². The molecule has 1 amide bonds. The Labute approximate surface area is 167 Å². The van der Waals surface area contributed by atoms with Crippen LogP contribution in [0, 0.1) is 5.82 Å². The van der Waals surface area contributed by atoms with Gasteiger partial charge in [0.15, 0.2) is 0 Å². The fourth-order valence-electron chi connectivity index (χ4n) is 2.54. The van der Waals surface area contributed by atoms with E-state index in [1.165, 1.54) is 24.3 Å². The summed E-state index contributed by atoms with van der Waals surface area (Å²) in [6, 6.07) is 15.0. The predicted molar refractivity (Wildman–Crippen MR) is 108 cm³/mol. The van der Waals surface area contributed by atoms with Gasteiger partial charge < -0.3 is 10.1 Å². The van der Waals surface area contributed by atoms with Crippen LogP contribution in [0.15, 0.2) is 73.1 Å². The molecular formula is C22H18ClFN2O2. The zero-order chi connectivity index (χ0) is 19.9. The molecule has 1 aromatic heterocycles. The number of halogens is 2. The molecule has 0 saturated heterocycles. The average molecular weight is 397 g/mol. The molecule has 1 N–H and O–H groups in total. The molecule has 0 saturated carbocycles. The Kier molecular flexibility index (Phi) is 6.40. The van der Waals surface area contributed by atoms with Gasteiger partial charge in [0.05, 0.1) is 6.04 Å². The average Bonchev–Trinajstić information content (AvgIpc) is 2.68. The maximum absolute atomic E-state index is 13.8. The Bertz CT molecular complexity index is 993. The third-order valence-electron chi connectivity index (χ3n) is 3.98. The van der Waals surface area contributed by atoms with Crippen molar-refractivity contribution in [3.05, 3.63) is 95.0 Å². The summed E-state index contributed by atoms with van der Waals surface area (Å²) in [5, 5.41) is 3.16. The maximum atomic E-state index is 13.8. The molecule has 0 radical (unpaired) electrons. The van der Waals surface area contributed by atoms with Crippen molar-refractivity contribution in [3.8, 4) is 11.5 Å². The van der Waals surface area contributed by atoms with Gasteiger partial charge in [-0.3, -0.25) is 9.78 Å². The predicted octanol–water partition coefficient (Wildman–Crippen LogP) is 5.56. The Morgan fingerprint density at radius 3 is 2.68 bits per heavy atom. The minimum Gasteiger partial charge on any atom is -0.457 e. The standard InChI is InChI=1S/C22H18ClFN2O2/c1-15(26-22(27)8-6-16-5-7-18(23)14-21(16)24)17-3-2-4-20(13-17)28-19-9-11-25-12-10-19/h2-15H,1H3,(H,26,27)/b8-6+. The van der Waals surface area contributed by atoms with E-state index in [0.29, 0.717) is 22.1 Å². The molecule has 0 spiro atoms. The summed E-state index contributed by atoms with van der Waals surface area (Å²) in [5.41, 5.74) is 1.17. The first-order valence-corrected chi connectivity index (χ1v) is 9.00. The summed E-state index contributed by atoms with van der Waals surface area (Å²) < 4.78 is 19.5. The molecule has 1 unspecified atom stereocenters. The van der Waals surface area contributed by atoms with Crippen LogP contribution < -0.4 is 10.1 Å². The van der Waals surface area contributed by atoms with Crippen molar-refractivity contribution < 1.29 is 13.9 Å². The summed E-state index contributed by atoms with van der Waals surface area (Å²) in [5.74, 6) is 0.521. The first-order chi connectivity index (χ1) is 13.5. The lowest BCUT2D eigenvalue weighted by Gasteiger charge is -2.14. The molecule has 0 bridgehead atoms. The summed E-state index contributed by atoms with van der Waals surface area (Å²) in [6.07, 6.45) is 6.01. The van der Waals surface area contributed by atoms with Crippen molar-refractivity contribution >= 4 is 23.6 Å². The molecule has 28 heavy (non-hydrogen) atoms. The van der Waals surface area contributed by atoms with Gasteiger partial charge in [0, 0.05) is 29.1 Å². The smallest absolute Gasteiger partial charge is 0.244 e. The Hall–Kier alpha value is -3.18. The number of ether oxygens (including phenoxy) is 1. The number of nitrogens with zero attached hydrogens (tertiary/aromatic N) is 1. The lowest BCUT2D eigenvalue weighted by Crippen LogP contribution is -2.24. The van der Waals surface area contributed by atoms with Crippen LogP contribution in [0.1, 0.15) is 24.1 Å². The van der Waals surface area contributed by atoms with Crippen molar-refractivity contribution in [1.82, 2.24) is 10.3 Å². The Balaban J connectivity index is 1.63. The van der Waals surface area contributed by atoms with Gasteiger partial charge in [0.2, 0.25) is 5.91 Å². The van der Waals surface area contributed by atoms with Crippen LogP contribution in [-0.4, -0.2) is 10.9 Å². The molecule has 1 atom stereocenters. The first kappa shape index (κ1) is 19.6. The second-order valence-corrected chi connectivity index (χ2v) is 6.52. The quantitative estimate of drug-likeness (QED) is 0.555. The van der Waals surface area contributed by atoms with E-state index in [0.717, 1.165) is 5.56 Å². The summed E-state index contributed by atoms with van der Waals surface area (Å²) >= 11 is 5.72. The second kappa shape index (κ2) is 9.15. The normalized spacial score (nSPS) is 12.0. The molecule has 0 fully saturated rings. The van der Waals surface area contributed by atoms with Crippen molar-refractivity contribution in [2.45, 2.75) is 13.0 Å². The molecule has 3 rings (SSSR count). The van der Waals surface area contributed by atoms with Gasteiger partial charge in [0.1, 0.15) is 17.3 Å². The molecule has 4 nitrogen and oxygen atoms in total. The van der Waals surface area contributed by atoms with Gasteiger partial charge >= 0.3 is 0 Å². The Morgan fingerprint density at radius 1 is 1.14 bits per heavy atom. The van der Waals surface area contributed by atoms with Crippen LogP contribution in [0.2, 0.25) is 5.02 Å². The van der Waals surface area contributed by atoms with Gasteiger partial charge in [-0.05, 0) is 55.0 Å². The van der Waals surface area contributed by atoms with Gasteiger partial charge in [-0.25, -0.2) is 4.39 Å². The summed E-state index contributed by atoms with van der Waals surface area (Å²) in [4.78, 5) is 16.1. The number of carbonyl (C=O) groups excluding carboxylic acids is 1. The van der Waals surface area contributed by atoms with Crippen LogP contribution in [0.4, 0.5) is 4.39 Å². The molecule has 3 aromatic rings. The topological polar surface area (TPSA) is 51.2 Å². The molecular weight excluding hydrogens is 379 g/mol. The number of rotatable bonds is 6. The van der Waals surface area contributed by atoms with E-state index in [2.05, 4.69) is 10.3 Å². The minimum atomic E-state index is -0.481. The van der Waals surface area contributed by atoms with E-state index in [-0.39, 0.29) is 11.9 Å². The lowest BCUT2D eigenvalue weighted by atomic mass is 10.1. The van der Waals surface area contributed by atoms with Crippen molar-refractivity contribution in [1.29, 1.82) is 0 Å². The highest BCUT2D eigenvalue weighted by atomic mass is 35.5. The largest absolute Gasteiger partial charge is 0.457 e. The van der Waals surface area contributed by atoms with Gasteiger partial charge in [-0.2, -0.15) is 0 Å². The van der Waals surface area contributed by atoms with E-state index in [1.54, 1.807) is 30.6 Å². The molecule has 0 aliphatic heterocycles. The fraction of sp³-hybridized carbons (Fsp3) is 0.0909. The van der Waals surface area contributed by atoms with E-state index in [9.17, 15) is 9.18 Å².